The highest BCUT2D eigenvalue weighted by Gasteiger charge is 2.28. The molecule has 0 aromatic heterocycles. The molecule has 102 valence electrons. The van der Waals surface area contributed by atoms with Crippen molar-refractivity contribution in [3.63, 3.8) is 0 Å². The van der Waals surface area contributed by atoms with Gasteiger partial charge in [-0.25, -0.2) is 4.39 Å². The number of rotatable bonds is 4. The Labute approximate surface area is 111 Å². The molecule has 1 aliphatic rings. The van der Waals surface area contributed by atoms with Gasteiger partial charge in [-0.3, -0.25) is 4.79 Å². The third-order valence-corrected chi connectivity index (χ3v) is 2.82. The fourth-order valence-corrected chi connectivity index (χ4v) is 1.75. The number of carbonyl (C=O) groups excluding carboxylic acids is 1. The highest BCUT2D eigenvalue weighted by atomic mass is 19.1. The van der Waals surface area contributed by atoms with E-state index >= 15 is 0 Å². The molecule has 4 nitrogen and oxygen atoms in total. The van der Waals surface area contributed by atoms with Crippen LogP contribution in [0.4, 0.5) is 4.39 Å². The lowest BCUT2D eigenvalue weighted by molar-refractivity contribution is -0.131. The summed E-state index contributed by atoms with van der Waals surface area (Å²) in [6.45, 7) is 4.66. The number of hydrogen-bond donors (Lipinski definition) is 1. The van der Waals surface area contributed by atoms with Crippen molar-refractivity contribution in [1.29, 1.82) is 0 Å². The highest BCUT2D eigenvalue weighted by molar-refractivity contribution is 6.04. The van der Waals surface area contributed by atoms with Crippen LogP contribution in [0.5, 0.6) is 0 Å². The summed E-state index contributed by atoms with van der Waals surface area (Å²) in [6, 6.07) is 5.99. The normalized spacial score (nSPS) is 18.1. The number of oxime groups is 1. The summed E-state index contributed by atoms with van der Waals surface area (Å²) < 4.78 is 12.8. The lowest BCUT2D eigenvalue weighted by Crippen LogP contribution is -2.36. The van der Waals surface area contributed by atoms with E-state index in [1.807, 2.05) is 13.8 Å². The van der Waals surface area contributed by atoms with Gasteiger partial charge in [0, 0.05) is 13.0 Å². The molecule has 0 spiro atoms. The molecule has 0 saturated carbocycles. The van der Waals surface area contributed by atoms with Crippen molar-refractivity contribution in [3.8, 4) is 0 Å². The van der Waals surface area contributed by atoms with Crippen molar-refractivity contribution in [2.45, 2.75) is 26.4 Å². The molecule has 1 N–H and O–H groups in total. The van der Waals surface area contributed by atoms with Gasteiger partial charge in [-0.15, -0.1) is 0 Å². The second-order valence-electron chi connectivity index (χ2n) is 4.98. The van der Waals surface area contributed by atoms with E-state index in [0.717, 1.165) is 5.56 Å². The predicted octanol–water partition coefficient (Wildman–Crippen LogP) is 2.09. The van der Waals surface area contributed by atoms with E-state index in [-0.39, 0.29) is 11.7 Å². The molecule has 0 aliphatic carbocycles. The maximum atomic E-state index is 12.8. The first kappa shape index (κ1) is 13.5. The smallest absolute Gasteiger partial charge is 0.264 e. The van der Waals surface area contributed by atoms with E-state index in [4.69, 9.17) is 4.84 Å². The molecular weight excluding hydrogens is 247 g/mol. The molecule has 0 saturated heterocycles. The summed E-state index contributed by atoms with van der Waals surface area (Å²) in [6.07, 6.45) is -0.172. The number of halogens is 1. The van der Waals surface area contributed by atoms with Crippen LogP contribution in [0.15, 0.2) is 29.4 Å². The molecule has 5 heteroatoms. The van der Waals surface area contributed by atoms with Crippen LogP contribution in [0.25, 0.3) is 0 Å². The van der Waals surface area contributed by atoms with Gasteiger partial charge >= 0.3 is 0 Å². The fourth-order valence-electron chi connectivity index (χ4n) is 1.75. The van der Waals surface area contributed by atoms with Crippen LogP contribution in [-0.2, 0) is 9.63 Å². The average molecular weight is 264 g/mol. The maximum Gasteiger partial charge on any atom is 0.264 e. The minimum atomic E-state index is -0.584. The zero-order chi connectivity index (χ0) is 13.8. The number of carbonyl (C=O) groups is 1. The second kappa shape index (κ2) is 5.82. The number of amides is 1. The van der Waals surface area contributed by atoms with Crippen molar-refractivity contribution in [1.82, 2.24) is 5.32 Å². The van der Waals surface area contributed by atoms with Crippen molar-refractivity contribution >= 4 is 11.6 Å². The van der Waals surface area contributed by atoms with E-state index < -0.39 is 6.10 Å². The molecule has 19 heavy (non-hydrogen) atoms. The van der Waals surface area contributed by atoms with Crippen LogP contribution in [0.3, 0.4) is 0 Å². The Bertz CT molecular complexity index is 483. The summed E-state index contributed by atoms with van der Waals surface area (Å²) in [5, 5.41) is 6.71. The molecule has 1 aromatic carbocycles. The molecular formula is C14H17FN2O2. The first-order valence-electron chi connectivity index (χ1n) is 6.32. The van der Waals surface area contributed by atoms with Crippen molar-refractivity contribution < 1.29 is 14.0 Å². The largest absolute Gasteiger partial charge is 0.382 e. The van der Waals surface area contributed by atoms with Gasteiger partial charge < -0.3 is 10.2 Å². The lowest BCUT2D eigenvalue weighted by Gasteiger charge is -2.10. The van der Waals surface area contributed by atoms with Crippen LogP contribution in [-0.4, -0.2) is 24.3 Å². The predicted molar refractivity (Wildman–Crippen MR) is 70.3 cm³/mol. The quantitative estimate of drug-likeness (QED) is 0.905. The highest BCUT2D eigenvalue weighted by Crippen LogP contribution is 2.17. The summed E-state index contributed by atoms with van der Waals surface area (Å²) in [7, 11) is 0. The van der Waals surface area contributed by atoms with E-state index in [0.29, 0.717) is 24.6 Å². The minimum Gasteiger partial charge on any atom is -0.382 e. The Kier molecular flexibility index (Phi) is 4.14. The number of hydrogen-bond acceptors (Lipinski definition) is 3. The van der Waals surface area contributed by atoms with Crippen LogP contribution in [0, 0.1) is 11.7 Å². The summed E-state index contributed by atoms with van der Waals surface area (Å²) in [5.74, 6) is -0.0631. The van der Waals surface area contributed by atoms with Gasteiger partial charge in [-0.2, -0.15) is 0 Å². The summed E-state index contributed by atoms with van der Waals surface area (Å²) >= 11 is 0. The average Bonchev–Trinajstić information content (AvgIpc) is 2.86. The van der Waals surface area contributed by atoms with Crippen molar-refractivity contribution in [2.75, 3.05) is 6.54 Å². The van der Waals surface area contributed by atoms with Crippen LogP contribution < -0.4 is 5.32 Å². The molecule has 0 fully saturated rings. The van der Waals surface area contributed by atoms with E-state index in [9.17, 15) is 9.18 Å². The molecule has 1 aromatic rings. The SMILES string of the molecule is CC(C)CNC(=O)[C@H]1CC(c2ccc(F)cc2)=NO1. The summed E-state index contributed by atoms with van der Waals surface area (Å²) in [5.41, 5.74) is 1.45. The zero-order valence-corrected chi connectivity index (χ0v) is 11.0. The molecule has 0 radical (unpaired) electrons. The van der Waals surface area contributed by atoms with E-state index in [1.54, 1.807) is 12.1 Å². The van der Waals surface area contributed by atoms with Gasteiger partial charge in [-0.05, 0) is 23.6 Å². The molecule has 1 aliphatic heterocycles. The number of nitrogens with one attached hydrogen (secondary N) is 1. The third-order valence-electron chi connectivity index (χ3n) is 2.82. The van der Waals surface area contributed by atoms with Crippen LogP contribution >= 0.6 is 0 Å². The Morgan fingerprint density at radius 1 is 1.47 bits per heavy atom. The molecule has 1 amide bonds. The lowest BCUT2D eigenvalue weighted by atomic mass is 10.0. The van der Waals surface area contributed by atoms with Gasteiger partial charge in [0.1, 0.15) is 5.82 Å². The van der Waals surface area contributed by atoms with Crippen LogP contribution in [0.2, 0.25) is 0 Å². The molecule has 1 atom stereocenters. The van der Waals surface area contributed by atoms with E-state index in [2.05, 4.69) is 10.5 Å². The molecule has 0 unspecified atom stereocenters. The Morgan fingerprint density at radius 3 is 2.79 bits per heavy atom. The maximum absolute atomic E-state index is 12.8. The third kappa shape index (κ3) is 3.53. The van der Waals surface area contributed by atoms with Crippen molar-refractivity contribution in [2.24, 2.45) is 11.1 Å². The molecule has 1 heterocycles. The summed E-state index contributed by atoms with van der Waals surface area (Å²) in [4.78, 5) is 16.9. The first-order chi connectivity index (χ1) is 9.06. The second-order valence-corrected chi connectivity index (χ2v) is 4.98. The van der Waals surface area contributed by atoms with Gasteiger partial charge in [0.15, 0.2) is 0 Å². The standard InChI is InChI=1S/C14H17FN2O2/c1-9(2)8-16-14(18)13-7-12(17-19-13)10-3-5-11(15)6-4-10/h3-6,9,13H,7-8H2,1-2H3,(H,16,18)/t13-/m1/s1. The van der Waals surface area contributed by atoms with Gasteiger partial charge in [0.2, 0.25) is 6.10 Å². The fraction of sp³-hybridized carbons (Fsp3) is 0.429. The molecule has 0 bridgehead atoms. The monoisotopic (exact) mass is 264 g/mol. The van der Waals surface area contributed by atoms with Gasteiger partial charge in [0.05, 0.1) is 5.71 Å². The number of nitrogens with zero attached hydrogens (tertiary/aromatic N) is 1. The molecule has 2 rings (SSSR count). The minimum absolute atomic E-state index is 0.158. The number of benzene rings is 1. The van der Waals surface area contributed by atoms with E-state index in [1.165, 1.54) is 12.1 Å². The zero-order valence-electron chi connectivity index (χ0n) is 11.0. The van der Waals surface area contributed by atoms with Gasteiger partial charge in [-0.1, -0.05) is 31.1 Å². The Hall–Kier alpha value is -1.91. The first-order valence-corrected chi connectivity index (χ1v) is 6.32. The topological polar surface area (TPSA) is 50.7 Å². The Balaban J connectivity index is 1.92. The van der Waals surface area contributed by atoms with Crippen molar-refractivity contribution in [3.05, 3.63) is 35.6 Å². The van der Waals surface area contributed by atoms with Gasteiger partial charge in [0.25, 0.3) is 5.91 Å². The Morgan fingerprint density at radius 2 is 2.16 bits per heavy atom. The van der Waals surface area contributed by atoms with Crippen LogP contribution in [0.1, 0.15) is 25.8 Å².